The molecule has 2 N–H and O–H groups in total. The minimum atomic E-state index is -1.59. The fourth-order valence-corrected chi connectivity index (χ4v) is 3.08. The molecule has 0 saturated heterocycles. The predicted octanol–water partition coefficient (Wildman–Crippen LogP) is 2.90. The molecule has 1 fully saturated rings. The van der Waals surface area contributed by atoms with E-state index in [4.69, 9.17) is 0 Å². The van der Waals surface area contributed by atoms with Crippen LogP contribution in [0.2, 0.25) is 0 Å². The van der Waals surface area contributed by atoms with Crippen molar-refractivity contribution in [1.82, 2.24) is 10.3 Å². The third kappa shape index (κ3) is 3.23. The Morgan fingerprint density at radius 1 is 1.35 bits per heavy atom. The van der Waals surface area contributed by atoms with E-state index in [9.17, 15) is 23.1 Å². The fraction of sp³-hybridized carbons (Fsp3) is 0.333. The minimum absolute atomic E-state index is 0.0465. The molecule has 1 heterocycles. The molecule has 1 aromatic heterocycles. The molecule has 3 rings (SSSR count). The van der Waals surface area contributed by atoms with Crippen molar-refractivity contribution in [2.75, 3.05) is 6.61 Å². The van der Waals surface area contributed by atoms with Gasteiger partial charge in [-0.25, -0.2) is 18.2 Å². The molecule has 2 aromatic rings. The quantitative estimate of drug-likeness (QED) is 0.822. The van der Waals surface area contributed by atoms with Crippen LogP contribution in [0.25, 0.3) is 0 Å². The van der Waals surface area contributed by atoms with Gasteiger partial charge in [0.2, 0.25) is 0 Å². The Hall–Kier alpha value is -1.93. The molecule has 8 heteroatoms. The van der Waals surface area contributed by atoms with Crippen molar-refractivity contribution >= 4 is 17.2 Å². The van der Waals surface area contributed by atoms with Gasteiger partial charge in [0.1, 0.15) is 4.88 Å². The zero-order valence-electron chi connectivity index (χ0n) is 11.9. The second-order valence-corrected chi connectivity index (χ2v) is 6.20. The van der Waals surface area contributed by atoms with Gasteiger partial charge in [0.25, 0.3) is 5.91 Å². The molecule has 1 amide bonds. The molecule has 0 spiro atoms. The highest BCUT2D eigenvalue weighted by Gasteiger charge is 2.31. The van der Waals surface area contributed by atoms with E-state index in [0.29, 0.717) is 10.6 Å². The van der Waals surface area contributed by atoms with E-state index in [1.165, 1.54) is 11.3 Å². The Balaban J connectivity index is 1.81. The average molecular weight is 342 g/mol. The summed E-state index contributed by atoms with van der Waals surface area (Å²) in [5.74, 6) is -4.53. The molecular formula is C15H13F3N2O2S. The molecule has 1 aliphatic carbocycles. The molecule has 23 heavy (non-hydrogen) atoms. The van der Waals surface area contributed by atoms with Crippen molar-refractivity contribution < 1.29 is 23.1 Å². The van der Waals surface area contributed by atoms with Crippen LogP contribution in [-0.2, 0) is 0 Å². The second-order valence-electron chi connectivity index (χ2n) is 5.35. The summed E-state index contributed by atoms with van der Waals surface area (Å²) in [6.07, 6.45) is 1.95. The normalized spacial score (nSPS) is 15.5. The number of carbonyl (C=O) groups excluding carboxylic acids is 1. The van der Waals surface area contributed by atoms with Crippen molar-refractivity contribution in [2.24, 2.45) is 0 Å². The predicted molar refractivity (Wildman–Crippen MR) is 77.7 cm³/mol. The van der Waals surface area contributed by atoms with Crippen molar-refractivity contribution in [3.05, 3.63) is 51.2 Å². The van der Waals surface area contributed by atoms with E-state index in [-0.39, 0.29) is 11.5 Å². The first-order chi connectivity index (χ1) is 11.0. The van der Waals surface area contributed by atoms with E-state index in [1.807, 2.05) is 0 Å². The van der Waals surface area contributed by atoms with Gasteiger partial charge in [-0.15, -0.1) is 11.3 Å². The average Bonchev–Trinajstić information content (AvgIpc) is 3.26. The van der Waals surface area contributed by atoms with Crippen LogP contribution in [0.1, 0.15) is 45.7 Å². The molecule has 1 aromatic carbocycles. The van der Waals surface area contributed by atoms with Crippen molar-refractivity contribution in [1.29, 1.82) is 0 Å². The molecule has 1 unspecified atom stereocenters. The van der Waals surface area contributed by atoms with Gasteiger partial charge in [0.15, 0.2) is 17.5 Å². The summed E-state index contributed by atoms with van der Waals surface area (Å²) in [7, 11) is 0. The lowest BCUT2D eigenvalue weighted by Gasteiger charge is -2.17. The van der Waals surface area contributed by atoms with E-state index in [0.717, 1.165) is 25.0 Å². The first kappa shape index (κ1) is 15.9. The second kappa shape index (κ2) is 6.29. The number of amides is 1. The summed E-state index contributed by atoms with van der Waals surface area (Å²) in [5, 5.41) is 11.9. The van der Waals surface area contributed by atoms with Crippen molar-refractivity contribution in [3.63, 3.8) is 0 Å². The Morgan fingerprint density at radius 3 is 2.57 bits per heavy atom. The Kier molecular flexibility index (Phi) is 4.36. The highest BCUT2D eigenvalue weighted by molar-refractivity contribution is 7.11. The van der Waals surface area contributed by atoms with Gasteiger partial charge in [0, 0.05) is 5.92 Å². The number of aliphatic hydroxyl groups is 1. The number of benzene rings is 1. The van der Waals surface area contributed by atoms with Crippen LogP contribution >= 0.6 is 11.3 Å². The smallest absolute Gasteiger partial charge is 0.263 e. The summed E-state index contributed by atoms with van der Waals surface area (Å²) in [5.41, 5.74) is 2.23. The summed E-state index contributed by atoms with van der Waals surface area (Å²) in [6, 6.07) is 0.475. The first-order valence-corrected chi connectivity index (χ1v) is 7.88. The van der Waals surface area contributed by atoms with Crippen molar-refractivity contribution in [2.45, 2.75) is 24.8 Å². The molecular weight excluding hydrogens is 329 g/mol. The summed E-state index contributed by atoms with van der Waals surface area (Å²) in [6.45, 7) is -0.576. The third-order valence-corrected chi connectivity index (χ3v) is 4.50. The van der Waals surface area contributed by atoms with Gasteiger partial charge in [-0.2, -0.15) is 0 Å². The van der Waals surface area contributed by atoms with Gasteiger partial charge in [-0.05, 0) is 30.5 Å². The number of thiazole rings is 1. The number of rotatable bonds is 5. The van der Waals surface area contributed by atoms with Crippen LogP contribution < -0.4 is 5.32 Å². The summed E-state index contributed by atoms with van der Waals surface area (Å²) < 4.78 is 39.6. The van der Waals surface area contributed by atoms with Gasteiger partial charge < -0.3 is 10.4 Å². The largest absolute Gasteiger partial charge is 0.394 e. The zero-order chi connectivity index (χ0) is 16.6. The van der Waals surface area contributed by atoms with Gasteiger partial charge in [-0.3, -0.25) is 4.79 Å². The molecule has 1 aliphatic rings. The molecule has 1 atom stereocenters. The van der Waals surface area contributed by atoms with Crippen LogP contribution in [0, 0.1) is 17.5 Å². The van der Waals surface area contributed by atoms with Gasteiger partial charge in [0.05, 0.1) is 23.9 Å². The van der Waals surface area contributed by atoms with Crippen molar-refractivity contribution in [3.8, 4) is 0 Å². The number of nitrogens with one attached hydrogen (secondary N) is 1. The maximum Gasteiger partial charge on any atom is 0.263 e. The molecule has 1 saturated carbocycles. The van der Waals surface area contributed by atoms with Crippen LogP contribution in [0.3, 0.4) is 0 Å². The highest BCUT2D eigenvalue weighted by Crippen LogP contribution is 2.41. The lowest BCUT2D eigenvalue weighted by atomic mass is 10.1. The fourth-order valence-electron chi connectivity index (χ4n) is 2.31. The maximum absolute atomic E-state index is 13.3. The van der Waals surface area contributed by atoms with Crippen LogP contribution in [0.5, 0.6) is 0 Å². The molecule has 0 aliphatic heterocycles. The van der Waals surface area contributed by atoms with E-state index < -0.39 is 36.0 Å². The van der Waals surface area contributed by atoms with Gasteiger partial charge >= 0.3 is 0 Å². The highest BCUT2D eigenvalue weighted by atomic mass is 32.1. The number of hydrogen-bond donors (Lipinski definition) is 2. The number of hydrogen-bond acceptors (Lipinski definition) is 4. The number of aliphatic hydroxyl groups excluding tert-OH is 1. The Labute approximate surface area is 134 Å². The van der Waals surface area contributed by atoms with E-state index in [1.54, 1.807) is 5.51 Å². The number of carbonyl (C=O) groups is 1. The zero-order valence-corrected chi connectivity index (χ0v) is 12.7. The molecule has 0 bridgehead atoms. The number of nitrogens with zero attached hydrogens (tertiary/aromatic N) is 1. The van der Waals surface area contributed by atoms with Gasteiger partial charge in [-0.1, -0.05) is 0 Å². The first-order valence-electron chi connectivity index (χ1n) is 7.00. The third-order valence-electron chi connectivity index (χ3n) is 3.66. The van der Waals surface area contributed by atoms with Crippen LogP contribution in [0.15, 0.2) is 17.6 Å². The Morgan fingerprint density at radius 2 is 2.00 bits per heavy atom. The maximum atomic E-state index is 13.3. The summed E-state index contributed by atoms with van der Waals surface area (Å²) >= 11 is 1.17. The SMILES string of the molecule is O=C(NC(CO)c1cc(F)c(F)c(F)c1)c1scnc1C1CC1. The molecule has 122 valence electrons. The van der Waals surface area contributed by atoms with Crippen LogP contribution in [-0.4, -0.2) is 22.6 Å². The summed E-state index contributed by atoms with van der Waals surface area (Å²) in [4.78, 5) is 16.9. The molecule has 0 radical (unpaired) electrons. The number of halogens is 3. The standard InChI is InChI=1S/C15H13F3N2O2S/c16-9-3-8(4-10(17)12(9)18)11(5-21)20-15(22)14-13(7-1-2-7)19-6-23-14/h3-4,6-7,11,21H,1-2,5H2,(H,20,22). The number of aromatic nitrogens is 1. The van der Waals surface area contributed by atoms with E-state index in [2.05, 4.69) is 10.3 Å². The minimum Gasteiger partial charge on any atom is -0.394 e. The topological polar surface area (TPSA) is 62.2 Å². The van der Waals surface area contributed by atoms with E-state index >= 15 is 0 Å². The Bertz CT molecular complexity index is 723. The van der Waals surface area contributed by atoms with Crippen LogP contribution in [0.4, 0.5) is 13.2 Å². The lowest BCUT2D eigenvalue weighted by molar-refractivity contribution is 0.0918. The molecule has 4 nitrogen and oxygen atoms in total. The monoisotopic (exact) mass is 342 g/mol. The lowest BCUT2D eigenvalue weighted by Crippen LogP contribution is -2.31.